The van der Waals surface area contributed by atoms with E-state index in [1.165, 1.54) is 23.9 Å². The lowest BCUT2D eigenvalue weighted by molar-refractivity contribution is -0.115. The summed E-state index contributed by atoms with van der Waals surface area (Å²) in [4.78, 5) is 17.1. The summed E-state index contributed by atoms with van der Waals surface area (Å²) in [6.45, 7) is 4.37. The Bertz CT molecular complexity index is 1160. The van der Waals surface area contributed by atoms with Crippen molar-refractivity contribution in [2.24, 2.45) is 5.14 Å². The number of carbonyl (C=O) groups excluding carboxylic acids is 1. The van der Waals surface area contributed by atoms with E-state index in [0.717, 1.165) is 5.52 Å². The molecule has 3 N–H and O–H groups in total. The zero-order valence-electron chi connectivity index (χ0n) is 16.2. The molecule has 0 aliphatic carbocycles. The number of hydrogen-bond acceptors (Lipinski definition) is 6. The lowest BCUT2D eigenvalue weighted by Gasteiger charge is -2.13. The summed E-state index contributed by atoms with van der Waals surface area (Å²) >= 11 is 1.30. The highest BCUT2D eigenvalue weighted by molar-refractivity contribution is 8.00. The first-order chi connectivity index (χ1) is 13.7. The minimum atomic E-state index is -3.81. The molecule has 0 bridgehead atoms. The molecule has 0 spiro atoms. The fourth-order valence-electron chi connectivity index (χ4n) is 2.82. The largest absolute Gasteiger partial charge is 0.497 e. The Morgan fingerprint density at radius 1 is 1.31 bits per heavy atom. The van der Waals surface area contributed by atoms with Gasteiger partial charge in [-0.1, -0.05) is 17.8 Å². The van der Waals surface area contributed by atoms with E-state index in [1.54, 1.807) is 44.4 Å². The molecule has 0 saturated heterocycles. The lowest BCUT2D eigenvalue weighted by Crippen LogP contribution is -2.22. The Hall–Kier alpha value is -2.56. The highest BCUT2D eigenvalue weighted by atomic mass is 32.2. The van der Waals surface area contributed by atoms with E-state index < -0.39 is 15.3 Å². The van der Waals surface area contributed by atoms with Crippen LogP contribution in [-0.2, 0) is 21.4 Å². The van der Waals surface area contributed by atoms with Crippen molar-refractivity contribution >= 4 is 44.4 Å². The molecule has 0 radical (unpaired) electrons. The molecule has 10 heteroatoms. The maximum Gasteiger partial charge on any atom is 0.238 e. The summed E-state index contributed by atoms with van der Waals surface area (Å²) in [5.41, 5.74) is 1.94. The topological polar surface area (TPSA) is 116 Å². The van der Waals surface area contributed by atoms with Crippen molar-refractivity contribution in [2.75, 3.05) is 12.4 Å². The number of thioether (sulfide) groups is 1. The number of nitrogens with one attached hydrogen (secondary N) is 1. The smallest absolute Gasteiger partial charge is 0.238 e. The van der Waals surface area contributed by atoms with Crippen LogP contribution in [0, 0.1) is 0 Å². The SMILES string of the molecule is CCn1c(SC(C)C(=O)Nc2cccc(OC)c2)nc2cc(S(N)(=O)=O)ccc21. The Kier molecular flexibility index (Phi) is 6.15. The standard InChI is InChI=1S/C19H22N4O4S2/c1-4-23-17-9-8-15(29(20,25)26)11-16(17)22-19(23)28-12(2)18(24)21-13-6-5-7-14(10-13)27-3/h5-12H,4H2,1-3H3,(H,21,24)(H2,20,25,26). The van der Waals surface area contributed by atoms with Gasteiger partial charge in [-0.2, -0.15) is 0 Å². The Morgan fingerprint density at radius 3 is 2.72 bits per heavy atom. The fraction of sp³-hybridized carbons (Fsp3) is 0.263. The molecule has 0 aliphatic rings. The quantitative estimate of drug-likeness (QED) is 0.552. The van der Waals surface area contributed by atoms with Crippen molar-refractivity contribution in [3.05, 3.63) is 42.5 Å². The number of nitrogens with zero attached hydrogens (tertiary/aromatic N) is 2. The minimum Gasteiger partial charge on any atom is -0.497 e. The number of aromatic nitrogens is 2. The van der Waals surface area contributed by atoms with Crippen molar-refractivity contribution in [1.29, 1.82) is 0 Å². The second-order valence-corrected chi connectivity index (χ2v) is 9.18. The first-order valence-corrected chi connectivity index (χ1v) is 11.3. The zero-order chi connectivity index (χ0) is 21.2. The number of benzene rings is 2. The van der Waals surface area contributed by atoms with Crippen molar-refractivity contribution in [1.82, 2.24) is 9.55 Å². The van der Waals surface area contributed by atoms with Crippen LogP contribution >= 0.6 is 11.8 Å². The number of primary sulfonamides is 1. The number of carbonyl (C=O) groups is 1. The molecule has 2 aromatic carbocycles. The van der Waals surface area contributed by atoms with E-state index in [-0.39, 0.29) is 10.8 Å². The Balaban J connectivity index is 1.83. The van der Waals surface area contributed by atoms with E-state index in [4.69, 9.17) is 9.88 Å². The van der Waals surface area contributed by atoms with E-state index >= 15 is 0 Å². The fourth-order valence-corrected chi connectivity index (χ4v) is 4.34. The van der Waals surface area contributed by atoms with Gasteiger partial charge in [0.1, 0.15) is 5.75 Å². The number of sulfonamides is 1. The van der Waals surface area contributed by atoms with Crippen LogP contribution in [0.15, 0.2) is 52.5 Å². The first-order valence-electron chi connectivity index (χ1n) is 8.87. The van der Waals surface area contributed by atoms with Gasteiger partial charge in [0.25, 0.3) is 0 Å². The van der Waals surface area contributed by atoms with Gasteiger partial charge in [0.05, 0.1) is 28.3 Å². The summed E-state index contributed by atoms with van der Waals surface area (Å²) < 4.78 is 30.3. The molecule has 154 valence electrons. The lowest BCUT2D eigenvalue weighted by atomic mass is 10.3. The molecule has 1 aromatic heterocycles. The predicted molar refractivity (Wildman–Crippen MR) is 114 cm³/mol. The molecule has 0 saturated carbocycles. The van der Waals surface area contributed by atoms with Crippen LogP contribution in [0.4, 0.5) is 5.69 Å². The van der Waals surface area contributed by atoms with E-state index in [2.05, 4.69) is 10.3 Å². The predicted octanol–water partition coefficient (Wildman–Crippen LogP) is 2.83. The van der Waals surface area contributed by atoms with Gasteiger partial charge in [-0.3, -0.25) is 4.79 Å². The van der Waals surface area contributed by atoms with Crippen LogP contribution in [0.5, 0.6) is 5.75 Å². The average molecular weight is 435 g/mol. The number of nitrogens with two attached hydrogens (primary N) is 1. The van der Waals surface area contributed by atoms with Gasteiger partial charge in [-0.25, -0.2) is 18.5 Å². The molecule has 3 rings (SSSR count). The zero-order valence-corrected chi connectivity index (χ0v) is 17.9. The van der Waals surface area contributed by atoms with Crippen molar-refractivity contribution in [2.45, 2.75) is 35.7 Å². The Labute approximate surface area is 173 Å². The minimum absolute atomic E-state index is 0.00567. The maximum atomic E-state index is 12.6. The van der Waals surface area contributed by atoms with Gasteiger partial charge in [0.2, 0.25) is 15.9 Å². The van der Waals surface area contributed by atoms with Gasteiger partial charge in [0, 0.05) is 18.3 Å². The second-order valence-electron chi connectivity index (χ2n) is 6.32. The van der Waals surface area contributed by atoms with Crippen LogP contribution in [0.1, 0.15) is 13.8 Å². The number of aryl methyl sites for hydroxylation is 1. The van der Waals surface area contributed by atoms with Gasteiger partial charge < -0.3 is 14.6 Å². The molecule has 29 heavy (non-hydrogen) atoms. The second kappa shape index (κ2) is 8.44. The number of methoxy groups -OCH3 is 1. The van der Waals surface area contributed by atoms with Crippen LogP contribution in [-0.4, -0.2) is 36.2 Å². The molecule has 1 atom stereocenters. The third kappa shape index (κ3) is 4.72. The molecular formula is C19H22N4O4S2. The van der Waals surface area contributed by atoms with Gasteiger partial charge in [-0.05, 0) is 44.2 Å². The Morgan fingerprint density at radius 2 is 2.07 bits per heavy atom. The normalized spacial score (nSPS) is 12.7. The molecule has 8 nitrogen and oxygen atoms in total. The first kappa shape index (κ1) is 21.2. The van der Waals surface area contributed by atoms with Gasteiger partial charge in [0.15, 0.2) is 5.16 Å². The van der Waals surface area contributed by atoms with Crippen LogP contribution < -0.4 is 15.2 Å². The molecule has 0 fully saturated rings. The number of amides is 1. The number of ether oxygens (including phenoxy) is 1. The number of imidazole rings is 1. The van der Waals surface area contributed by atoms with Crippen LogP contribution in [0.25, 0.3) is 11.0 Å². The van der Waals surface area contributed by atoms with Crippen molar-refractivity contribution in [3.63, 3.8) is 0 Å². The molecule has 1 amide bonds. The summed E-state index contributed by atoms with van der Waals surface area (Å²) in [6, 6.07) is 11.7. The highest BCUT2D eigenvalue weighted by Crippen LogP contribution is 2.29. The molecule has 1 unspecified atom stereocenters. The van der Waals surface area contributed by atoms with Crippen molar-refractivity contribution in [3.8, 4) is 5.75 Å². The van der Waals surface area contributed by atoms with E-state index in [0.29, 0.717) is 28.7 Å². The van der Waals surface area contributed by atoms with Crippen LogP contribution in [0.2, 0.25) is 0 Å². The van der Waals surface area contributed by atoms with Crippen LogP contribution in [0.3, 0.4) is 0 Å². The number of fused-ring (bicyclic) bond motifs is 1. The summed E-state index contributed by atoms with van der Waals surface area (Å²) in [6.07, 6.45) is 0. The number of rotatable bonds is 7. The monoisotopic (exact) mass is 434 g/mol. The third-order valence-electron chi connectivity index (χ3n) is 4.32. The molecule has 1 heterocycles. The van der Waals surface area contributed by atoms with Gasteiger partial charge in [-0.15, -0.1) is 0 Å². The maximum absolute atomic E-state index is 12.6. The molecular weight excluding hydrogens is 412 g/mol. The molecule has 0 aliphatic heterocycles. The number of anilines is 1. The average Bonchev–Trinajstić information content (AvgIpc) is 3.03. The van der Waals surface area contributed by atoms with Crippen molar-refractivity contribution < 1.29 is 17.9 Å². The molecule has 3 aromatic rings. The van der Waals surface area contributed by atoms with Gasteiger partial charge >= 0.3 is 0 Å². The third-order valence-corrected chi connectivity index (χ3v) is 6.32. The summed E-state index contributed by atoms with van der Waals surface area (Å²) in [5, 5.41) is 8.27. The van der Waals surface area contributed by atoms with E-state index in [1.807, 2.05) is 11.5 Å². The highest BCUT2D eigenvalue weighted by Gasteiger charge is 2.20. The van der Waals surface area contributed by atoms with E-state index in [9.17, 15) is 13.2 Å². The summed E-state index contributed by atoms with van der Waals surface area (Å²) in [5.74, 6) is 0.477. The summed E-state index contributed by atoms with van der Waals surface area (Å²) in [7, 11) is -2.25. The number of hydrogen-bond donors (Lipinski definition) is 2.